The number of allylic oxidation sites excluding steroid dienone is 2. The minimum absolute atomic E-state index is 0.206. The van der Waals surface area contributed by atoms with Crippen molar-refractivity contribution >= 4 is 0 Å². The van der Waals surface area contributed by atoms with Gasteiger partial charge >= 0.3 is 0 Å². The molecule has 84 valence electrons. The van der Waals surface area contributed by atoms with Gasteiger partial charge < -0.3 is 5.11 Å². The third kappa shape index (κ3) is 2.17. The van der Waals surface area contributed by atoms with Gasteiger partial charge in [-0.05, 0) is 56.8 Å². The minimum atomic E-state index is 0.206. The molecule has 0 heterocycles. The van der Waals surface area contributed by atoms with E-state index >= 15 is 0 Å². The molecule has 2 rings (SSSR count). The van der Waals surface area contributed by atoms with Crippen LogP contribution in [0.2, 0.25) is 0 Å². The predicted octanol–water partition coefficient (Wildman–Crippen LogP) is 3.31. The molecule has 0 spiro atoms. The molecular weight excluding hydrogens is 184 g/mol. The van der Waals surface area contributed by atoms with Crippen LogP contribution in [0.15, 0.2) is 23.8 Å². The third-order valence-electron chi connectivity index (χ3n) is 4.26. The van der Waals surface area contributed by atoms with Gasteiger partial charge in [0.2, 0.25) is 0 Å². The van der Waals surface area contributed by atoms with E-state index in [1.165, 1.54) is 31.3 Å². The van der Waals surface area contributed by atoms with Crippen LogP contribution in [0.1, 0.15) is 39.0 Å². The van der Waals surface area contributed by atoms with Crippen molar-refractivity contribution in [3.8, 4) is 0 Å². The average Bonchev–Trinajstić information content (AvgIpc) is 2.81. The lowest BCUT2D eigenvalue weighted by Gasteiger charge is -2.23. The topological polar surface area (TPSA) is 20.2 Å². The van der Waals surface area contributed by atoms with Gasteiger partial charge in [-0.1, -0.05) is 23.8 Å². The molecule has 2 saturated carbocycles. The van der Waals surface area contributed by atoms with Gasteiger partial charge in [-0.2, -0.15) is 0 Å². The number of hydrogen-bond acceptors (Lipinski definition) is 1. The molecular formula is C14H22O. The summed E-state index contributed by atoms with van der Waals surface area (Å²) in [5, 5.41) is 8.90. The number of aliphatic hydroxyl groups excluding tert-OH is 1. The largest absolute Gasteiger partial charge is 0.392 e. The SMILES string of the molecule is C=C1C(CCC=C(C)CO)[C@H]2CC[C@H]1C2. The first-order chi connectivity index (χ1) is 7.22. The fraction of sp³-hybridized carbons (Fsp3) is 0.714. The van der Waals surface area contributed by atoms with E-state index in [1.807, 2.05) is 6.92 Å². The number of rotatable bonds is 4. The molecule has 2 aliphatic rings. The van der Waals surface area contributed by atoms with Crippen LogP contribution in [0.25, 0.3) is 0 Å². The van der Waals surface area contributed by atoms with E-state index in [1.54, 1.807) is 0 Å². The fourth-order valence-corrected chi connectivity index (χ4v) is 3.32. The van der Waals surface area contributed by atoms with Gasteiger partial charge in [0.1, 0.15) is 0 Å². The molecule has 0 aromatic rings. The van der Waals surface area contributed by atoms with Crippen molar-refractivity contribution in [1.82, 2.24) is 0 Å². The molecule has 0 radical (unpaired) electrons. The van der Waals surface area contributed by atoms with Gasteiger partial charge in [0.15, 0.2) is 0 Å². The summed E-state index contributed by atoms with van der Waals surface area (Å²) in [7, 11) is 0. The lowest BCUT2D eigenvalue weighted by atomic mass is 9.82. The lowest BCUT2D eigenvalue weighted by Crippen LogP contribution is -2.12. The molecule has 1 N–H and O–H groups in total. The Hall–Kier alpha value is -0.560. The average molecular weight is 206 g/mol. The minimum Gasteiger partial charge on any atom is -0.392 e. The van der Waals surface area contributed by atoms with Crippen LogP contribution in [-0.4, -0.2) is 11.7 Å². The van der Waals surface area contributed by atoms with Crippen molar-refractivity contribution in [3.63, 3.8) is 0 Å². The molecule has 0 aliphatic heterocycles. The molecule has 0 aromatic carbocycles. The van der Waals surface area contributed by atoms with Crippen molar-refractivity contribution in [1.29, 1.82) is 0 Å². The Morgan fingerprint density at radius 2 is 2.33 bits per heavy atom. The van der Waals surface area contributed by atoms with Crippen molar-refractivity contribution in [2.24, 2.45) is 17.8 Å². The smallest absolute Gasteiger partial charge is 0.0639 e. The lowest BCUT2D eigenvalue weighted by molar-refractivity contribution is 0.330. The second-order valence-electron chi connectivity index (χ2n) is 5.24. The van der Waals surface area contributed by atoms with Gasteiger partial charge in [-0.3, -0.25) is 0 Å². The summed E-state index contributed by atoms with van der Waals surface area (Å²) in [5.41, 5.74) is 2.63. The van der Waals surface area contributed by atoms with E-state index in [0.29, 0.717) is 0 Å². The summed E-state index contributed by atoms with van der Waals surface area (Å²) in [6.45, 7) is 6.47. The maximum Gasteiger partial charge on any atom is 0.0639 e. The molecule has 0 saturated heterocycles. The van der Waals surface area contributed by atoms with E-state index in [2.05, 4.69) is 12.7 Å². The molecule has 0 aromatic heterocycles. The summed E-state index contributed by atoms with van der Waals surface area (Å²) in [6.07, 6.45) is 8.77. The van der Waals surface area contributed by atoms with E-state index in [-0.39, 0.29) is 6.61 Å². The van der Waals surface area contributed by atoms with Gasteiger partial charge in [0.25, 0.3) is 0 Å². The number of aliphatic hydroxyl groups is 1. The third-order valence-corrected chi connectivity index (χ3v) is 4.26. The molecule has 3 atom stereocenters. The second-order valence-corrected chi connectivity index (χ2v) is 5.24. The highest BCUT2D eigenvalue weighted by atomic mass is 16.3. The summed E-state index contributed by atoms with van der Waals surface area (Å²) in [6, 6.07) is 0. The van der Waals surface area contributed by atoms with Gasteiger partial charge in [-0.15, -0.1) is 0 Å². The molecule has 15 heavy (non-hydrogen) atoms. The number of fused-ring (bicyclic) bond motifs is 2. The van der Waals surface area contributed by atoms with Crippen molar-refractivity contribution in [2.75, 3.05) is 6.61 Å². The molecule has 1 nitrogen and oxygen atoms in total. The highest BCUT2D eigenvalue weighted by Gasteiger charge is 2.41. The van der Waals surface area contributed by atoms with Crippen molar-refractivity contribution in [3.05, 3.63) is 23.8 Å². The van der Waals surface area contributed by atoms with Crippen molar-refractivity contribution < 1.29 is 5.11 Å². The van der Waals surface area contributed by atoms with Crippen LogP contribution in [0.5, 0.6) is 0 Å². The Morgan fingerprint density at radius 3 is 2.93 bits per heavy atom. The molecule has 2 aliphatic carbocycles. The Bertz CT molecular complexity index is 277. The summed E-state index contributed by atoms with van der Waals surface area (Å²) in [4.78, 5) is 0. The summed E-state index contributed by atoms with van der Waals surface area (Å²) in [5.74, 6) is 2.57. The Kier molecular flexibility index (Phi) is 3.30. The zero-order valence-corrected chi connectivity index (χ0v) is 9.71. The summed E-state index contributed by atoms with van der Waals surface area (Å²) < 4.78 is 0. The first-order valence-electron chi connectivity index (χ1n) is 6.17. The van der Waals surface area contributed by atoms with Crippen LogP contribution >= 0.6 is 0 Å². The van der Waals surface area contributed by atoms with Crippen molar-refractivity contribution in [2.45, 2.75) is 39.0 Å². The van der Waals surface area contributed by atoms with Crippen LogP contribution in [-0.2, 0) is 0 Å². The highest BCUT2D eigenvalue weighted by Crippen LogP contribution is 2.52. The zero-order chi connectivity index (χ0) is 10.8. The van der Waals surface area contributed by atoms with E-state index in [0.717, 1.165) is 29.7 Å². The fourth-order valence-electron chi connectivity index (χ4n) is 3.32. The van der Waals surface area contributed by atoms with Crippen LogP contribution in [0.4, 0.5) is 0 Å². The maximum absolute atomic E-state index is 8.90. The quantitative estimate of drug-likeness (QED) is 0.700. The maximum atomic E-state index is 8.90. The molecule has 0 amide bonds. The Balaban J connectivity index is 1.83. The Morgan fingerprint density at radius 1 is 1.53 bits per heavy atom. The van der Waals surface area contributed by atoms with Crippen LogP contribution < -0.4 is 0 Å². The number of hydrogen-bond donors (Lipinski definition) is 1. The van der Waals surface area contributed by atoms with Gasteiger partial charge in [0.05, 0.1) is 6.61 Å². The molecule has 1 heteroatoms. The second kappa shape index (κ2) is 4.52. The van der Waals surface area contributed by atoms with E-state index < -0.39 is 0 Å². The predicted molar refractivity (Wildman–Crippen MR) is 63.5 cm³/mol. The van der Waals surface area contributed by atoms with Gasteiger partial charge in [-0.25, -0.2) is 0 Å². The molecule has 2 fully saturated rings. The molecule has 1 unspecified atom stereocenters. The monoisotopic (exact) mass is 206 g/mol. The van der Waals surface area contributed by atoms with E-state index in [4.69, 9.17) is 5.11 Å². The Labute approximate surface area is 92.9 Å². The van der Waals surface area contributed by atoms with Gasteiger partial charge in [0, 0.05) is 0 Å². The standard InChI is InChI=1S/C14H22O/c1-10(9-15)4-3-5-14-11(2)12-6-7-13(14)8-12/h4,12-15H,2-3,5-9H2,1H3/t12-,13-,14?/m0/s1. The zero-order valence-electron chi connectivity index (χ0n) is 9.71. The molecule has 2 bridgehead atoms. The van der Waals surface area contributed by atoms with E-state index in [9.17, 15) is 0 Å². The highest BCUT2D eigenvalue weighted by molar-refractivity contribution is 5.18. The first-order valence-corrected chi connectivity index (χ1v) is 6.17. The normalized spacial score (nSPS) is 35.2. The van der Waals surface area contributed by atoms with Crippen LogP contribution in [0.3, 0.4) is 0 Å². The first kappa shape index (κ1) is 10.9. The summed E-state index contributed by atoms with van der Waals surface area (Å²) >= 11 is 0. The van der Waals surface area contributed by atoms with Crippen LogP contribution in [0, 0.1) is 17.8 Å².